The first-order valence-electron chi connectivity index (χ1n) is 7.41. The smallest absolute Gasteiger partial charge is 0.0280 e. The van der Waals surface area contributed by atoms with Crippen molar-refractivity contribution in [2.24, 2.45) is 0 Å². The molecule has 1 rings (SSSR count). The van der Waals surface area contributed by atoms with Gasteiger partial charge in [0, 0.05) is 12.3 Å². The second-order valence-electron chi connectivity index (χ2n) is 2.18. The van der Waals surface area contributed by atoms with E-state index >= 15 is 0 Å². The van der Waals surface area contributed by atoms with Crippen LogP contribution in [0.25, 0.3) is 0 Å². The van der Waals surface area contributed by atoms with Gasteiger partial charge in [-0.1, -0.05) is 12.1 Å². The van der Waals surface area contributed by atoms with Crippen LogP contribution in [0.3, 0.4) is 0 Å². The van der Waals surface area contributed by atoms with Crippen LogP contribution < -0.4 is 0 Å². The van der Waals surface area contributed by atoms with E-state index in [4.69, 9.17) is 12.3 Å². The number of hydrogen-bond donors (Lipinski definition) is 0. The molecule has 0 bridgehead atoms. The molecule has 54 valence electrons. The van der Waals surface area contributed by atoms with E-state index < -0.39 is 31.7 Å². The summed E-state index contributed by atoms with van der Waals surface area (Å²) in [5.74, 6) is 0. The second kappa shape index (κ2) is 2.45. The largest absolute Gasteiger partial charge is 0.0588 e. The second-order valence-corrected chi connectivity index (χ2v) is 2.18. The van der Waals surface area contributed by atoms with Gasteiger partial charge in [0.25, 0.3) is 0 Å². The highest BCUT2D eigenvalue weighted by Gasteiger charge is 1.97. The molecule has 0 spiro atoms. The summed E-state index contributed by atoms with van der Waals surface area (Å²) >= 11 is 0. The van der Waals surface area contributed by atoms with Crippen molar-refractivity contribution in [3.63, 3.8) is 0 Å². The Bertz CT molecular complexity index is 475. The van der Waals surface area contributed by atoms with E-state index in [0.29, 0.717) is 0 Å². The van der Waals surface area contributed by atoms with Gasteiger partial charge in [0.2, 0.25) is 0 Å². The zero-order chi connectivity index (χ0) is 15.2. The monoisotopic (exact) mass is 143 g/mol. The standard InChI is InChI=1S/C10H14/c1-7-5-6-8(2)10(4)9(7)3/h5-6H,1-4H3/i1D3,3D3,4D3. The van der Waals surface area contributed by atoms with Crippen LogP contribution in [0, 0.1) is 27.5 Å². The van der Waals surface area contributed by atoms with Crippen molar-refractivity contribution in [1.29, 1.82) is 0 Å². The molecule has 0 saturated heterocycles. The van der Waals surface area contributed by atoms with Gasteiger partial charge >= 0.3 is 0 Å². The molecule has 0 aliphatic rings. The molecular formula is C10H14. The van der Waals surface area contributed by atoms with E-state index in [0.717, 1.165) is 0 Å². The van der Waals surface area contributed by atoms with Gasteiger partial charge in [0.1, 0.15) is 0 Å². The third-order valence-corrected chi connectivity index (χ3v) is 1.41. The number of hydrogen-bond acceptors (Lipinski definition) is 0. The average molecular weight is 143 g/mol. The fourth-order valence-electron chi connectivity index (χ4n) is 0.707. The minimum Gasteiger partial charge on any atom is -0.0588 e. The minimum atomic E-state index is -2.79. The molecule has 10 heavy (non-hydrogen) atoms. The summed E-state index contributed by atoms with van der Waals surface area (Å²) in [6.07, 6.45) is 0. The van der Waals surface area contributed by atoms with Crippen molar-refractivity contribution >= 4 is 0 Å². The summed E-state index contributed by atoms with van der Waals surface area (Å²) in [5.41, 5.74) is -1.14. The Hall–Kier alpha value is -0.780. The maximum Gasteiger partial charge on any atom is 0.0280 e. The van der Waals surface area contributed by atoms with E-state index in [2.05, 4.69) is 0 Å². The Morgan fingerprint density at radius 2 is 1.60 bits per heavy atom. The van der Waals surface area contributed by atoms with Gasteiger partial charge in [0.15, 0.2) is 0 Å². The van der Waals surface area contributed by atoms with Crippen molar-refractivity contribution in [1.82, 2.24) is 0 Å². The van der Waals surface area contributed by atoms with Crippen molar-refractivity contribution in [3.05, 3.63) is 34.4 Å². The summed E-state index contributed by atoms with van der Waals surface area (Å²) in [7, 11) is 0. The zero-order valence-corrected chi connectivity index (χ0v) is 5.65. The van der Waals surface area contributed by atoms with Gasteiger partial charge in [-0.3, -0.25) is 0 Å². The van der Waals surface area contributed by atoms with Crippen LogP contribution in [0.15, 0.2) is 12.1 Å². The van der Waals surface area contributed by atoms with E-state index in [1.807, 2.05) is 0 Å². The molecule has 0 aliphatic carbocycles. The predicted octanol–water partition coefficient (Wildman–Crippen LogP) is 2.92. The third kappa shape index (κ3) is 1.06. The summed E-state index contributed by atoms with van der Waals surface area (Å²) < 4.78 is 66.7. The molecule has 0 fully saturated rings. The highest BCUT2D eigenvalue weighted by Crippen LogP contribution is 2.15. The number of benzene rings is 1. The molecule has 0 atom stereocenters. The fraction of sp³-hybridized carbons (Fsp3) is 0.400. The molecule has 0 aliphatic heterocycles. The van der Waals surface area contributed by atoms with Crippen LogP contribution in [-0.4, -0.2) is 0 Å². The molecule has 0 N–H and O–H groups in total. The lowest BCUT2D eigenvalue weighted by Gasteiger charge is -2.06. The van der Waals surface area contributed by atoms with Gasteiger partial charge < -0.3 is 0 Å². The molecule has 0 unspecified atom stereocenters. The normalized spacial score (nSPS) is 27.1. The van der Waals surface area contributed by atoms with Crippen molar-refractivity contribution in [2.75, 3.05) is 0 Å². The third-order valence-electron chi connectivity index (χ3n) is 1.41. The molecule has 0 heteroatoms. The maximum atomic E-state index is 7.44. The highest BCUT2D eigenvalue weighted by molar-refractivity contribution is 5.37. The average Bonchev–Trinajstić information content (AvgIpc) is 2.11. The Morgan fingerprint density at radius 3 is 2.20 bits per heavy atom. The Kier molecular flexibility index (Phi) is 0.460. The lowest BCUT2D eigenvalue weighted by Crippen LogP contribution is -1.88. The molecule has 1 aromatic rings. The molecule has 1 aromatic carbocycles. The van der Waals surface area contributed by atoms with E-state index in [1.165, 1.54) is 19.1 Å². The van der Waals surface area contributed by atoms with Gasteiger partial charge in [-0.2, -0.15) is 0 Å². The summed E-state index contributed by atoms with van der Waals surface area (Å²) in [5, 5.41) is 0. The Labute approximate surface area is 75.5 Å². The lowest BCUT2D eigenvalue weighted by molar-refractivity contribution is 1.22. The highest BCUT2D eigenvalue weighted by atomic mass is 14.0. The minimum absolute atomic E-state index is 0.249. The zero-order valence-electron chi connectivity index (χ0n) is 14.7. The maximum absolute atomic E-state index is 7.44. The number of rotatable bonds is 0. The fourth-order valence-corrected chi connectivity index (χ4v) is 0.707. The van der Waals surface area contributed by atoms with Crippen molar-refractivity contribution < 1.29 is 12.3 Å². The van der Waals surface area contributed by atoms with Crippen LogP contribution in [0.4, 0.5) is 0 Å². The molecule has 0 radical (unpaired) electrons. The van der Waals surface area contributed by atoms with Crippen LogP contribution in [0.2, 0.25) is 0 Å². The molecule has 0 amide bonds. The van der Waals surface area contributed by atoms with Crippen LogP contribution >= 0.6 is 0 Å². The van der Waals surface area contributed by atoms with E-state index in [9.17, 15) is 0 Å². The Morgan fingerprint density at radius 1 is 1.00 bits per heavy atom. The van der Waals surface area contributed by atoms with E-state index in [-0.39, 0.29) is 11.1 Å². The van der Waals surface area contributed by atoms with Crippen LogP contribution in [-0.2, 0) is 0 Å². The topological polar surface area (TPSA) is 0 Å². The summed E-state index contributed by atoms with van der Waals surface area (Å²) in [4.78, 5) is 0. The van der Waals surface area contributed by atoms with Gasteiger partial charge in [-0.05, 0) is 49.7 Å². The van der Waals surface area contributed by atoms with Crippen molar-refractivity contribution in [3.8, 4) is 0 Å². The van der Waals surface area contributed by atoms with Gasteiger partial charge in [-0.15, -0.1) is 0 Å². The summed E-state index contributed by atoms with van der Waals surface area (Å²) in [6.45, 7) is -6.67. The molecule has 0 saturated carbocycles. The first-order chi connectivity index (χ1) is 8.26. The lowest BCUT2D eigenvalue weighted by atomic mass is 10.0. The molecule has 0 aromatic heterocycles. The van der Waals surface area contributed by atoms with Crippen LogP contribution in [0.5, 0.6) is 0 Å². The van der Waals surface area contributed by atoms with Gasteiger partial charge in [-0.25, -0.2) is 0 Å². The molecule has 0 heterocycles. The quantitative estimate of drug-likeness (QED) is 0.524. The first-order valence-corrected chi connectivity index (χ1v) is 2.91. The summed E-state index contributed by atoms with van der Waals surface area (Å²) in [6, 6.07) is 2.50. The van der Waals surface area contributed by atoms with Crippen LogP contribution in [0.1, 0.15) is 34.6 Å². The number of aryl methyl sites for hydroxylation is 2. The SMILES string of the molecule is [2H]C([2H])([2H])c1ccc(C)c(C([2H])([2H])[2H])c1C([2H])([2H])[2H]. The predicted molar refractivity (Wildman–Crippen MR) is 45.4 cm³/mol. The first kappa shape index (κ1) is 1.88. The molecular weight excluding hydrogens is 120 g/mol. The van der Waals surface area contributed by atoms with E-state index in [1.54, 1.807) is 0 Å². The van der Waals surface area contributed by atoms with Gasteiger partial charge in [0.05, 0.1) is 0 Å². The Balaban J connectivity index is 3.82. The van der Waals surface area contributed by atoms with Crippen molar-refractivity contribution in [2.45, 2.75) is 27.5 Å². The molecule has 0 nitrogen and oxygen atoms in total.